The van der Waals surface area contributed by atoms with Crippen LogP contribution in [0.5, 0.6) is 23.0 Å². The van der Waals surface area contributed by atoms with Gasteiger partial charge in [-0.1, -0.05) is 6.07 Å². The molecule has 3 atom stereocenters. The van der Waals surface area contributed by atoms with E-state index in [0.717, 1.165) is 42.9 Å². The highest BCUT2D eigenvalue weighted by Gasteiger charge is 2.49. The summed E-state index contributed by atoms with van der Waals surface area (Å²) < 4.78 is 22.5. The zero-order valence-electron chi connectivity index (χ0n) is 23.8. The minimum absolute atomic E-state index is 0.0635. The zero-order valence-corrected chi connectivity index (χ0v) is 23.8. The van der Waals surface area contributed by atoms with E-state index in [1.54, 1.807) is 28.4 Å². The molecular weight excluding hydrogens is 512 g/mol. The first-order chi connectivity index (χ1) is 19.5. The van der Waals surface area contributed by atoms with Crippen molar-refractivity contribution in [2.24, 2.45) is 5.92 Å². The van der Waals surface area contributed by atoms with E-state index in [1.165, 1.54) is 0 Å². The number of nitrogens with zero attached hydrogens (tertiary/aromatic N) is 2. The van der Waals surface area contributed by atoms with Gasteiger partial charge in [-0.3, -0.25) is 9.59 Å². The molecular formula is C30H40N4O6. The van der Waals surface area contributed by atoms with Gasteiger partial charge in [0.15, 0.2) is 23.0 Å². The average Bonchev–Trinajstić information content (AvgIpc) is 3.32. The average molecular weight is 553 g/mol. The lowest BCUT2D eigenvalue weighted by Gasteiger charge is -2.35. The van der Waals surface area contributed by atoms with E-state index in [4.69, 9.17) is 18.9 Å². The molecule has 2 saturated heterocycles. The summed E-state index contributed by atoms with van der Waals surface area (Å²) in [6, 6.07) is 9.75. The van der Waals surface area contributed by atoms with E-state index >= 15 is 0 Å². The lowest BCUT2D eigenvalue weighted by Crippen LogP contribution is -2.50. The number of hydrogen-bond acceptors (Lipinski definition) is 8. The lowest BCUT2D eigenvalue weighted by atomic mass is 9.79. The molecule has 2 N–H and O–H groups in total. The molecule has 0 radical (unpaired) electrons. The molecule has 2 fully saturated rings. The van der Waals surface area contributed by atoms with Crippen molar-refractivity contribution in [3.05, 3.63) is 47.0 Å². The fourth-order valence-corrected chi connectivity index (χ4v) is 6.43. The number of rotatable bonds is 8. The molecule has 2 aliphatic heterocycles. The van der Waals surface area contributed by atoms with Crippen molar-refractivity contribution in [2.75, 3.05) is 80.8 Å². The number of hydrogen-bond donors (Lipinski definition) is 2. The number of benzene rings is 2. The van der Waals surface area contributed by atoms with Gasteiger partial charge in [-0.15, -0.1) is 0 Å². The summed E-state index contributed by atoms with van der Waals surface area (Å²) in [6.45, 7) is 5.65. The molecule has 2 heterocycles. The predicted molar refractivity (Wildman–Crippen MR) is 151 cm³/mol. The van der Waals surface area contributed by atoms with Crippen molar-refractivity contribution < 1.29 is 28.5 Å². The van der Waals surface area contributed by atoms with E-state index in [2.05, 4.69) is 10.6 Å². The quantitative estimate of drug-likeness (QED) is 0.512. The van der Waals surface area contributed by atoms with Crippen LogP contribution >= 0.6 is 0 Å². The van der Waals surface area contributed by atoms with Crippen molar-refractivity contribution >= 4 is 11.8 Å². The van der Waals surface area contributed by atoms with Crippen LogP contribution in [0.15, 0.2) is 30.3 Å². The Kier molecular flexibility index (Phi) is 8.66. The van der Waals surface area contributed by atoms with Gasteiger partial charge >= 0.3 is 0 Å². The first-order valence-electron chi connectivity index (χ1n) is 14.0. The number of carbonyl (C=O) groups is 2. The third-order valence-corrected chi connectivity index (χ3v) is 8.46. The summed E-state index contributed by atoms with van der Waals surface area (Å²) in [7, 11) is 6.43. The first-order valence-corrected chi connectivity index (χ1v) is 14.0. The molecule has 216 valence electrons. The van der Waals surface area contributed by atoms with Crippen molar-refractivity contribution in [1.29, 1.82) is 0 Å². The van der Waals surface area contributed by atoms with Crippen LogP contribution in [0, 0.1) is 5.92 Å². The molecule has 10 heteroatoms. The van der Waals surface area contributed by atoms with Crippen molar-refractivity contribution in [1.82, 2.24) is 20.4 Å². The van der Waals surface area contributed by atoms with Gasteiger partial charge < -0.3 is 39.4 Å². The summed E-state index contributed by atoms with van der Waals surface area (Å²) in [5.41, 5.74) is 2.85. The molecule has 0 spiro atoms. The number of methoxy groups -OCH3 is 4. The maximum Gasteiger partial charge on any atom is 0.227 e. The number of ether oxygens (including phenoxy) is 4. The first kappa shape index (κ1) is 28.0. The van der Waals surface area contributed by atoms with Crippen LogP contribution in [0.3, 0.4) is 0 Å². The third-order valence-electron chi connectivity index (χ3n) is 8.46. The molecule has 1 aliphatic carbocycles. The Labute approximate surface area is 235 Å². The Morgan fingerprint density at radius 2 is 1.25 bits per heavy atom. The number of carbonyl (C=O) groups excluding carboxylic acids is 2. The van der Waals surface area contributed by atoms with Crippen LogP contribution in [0.25, 0.3) is 0 Å². The Balaban J connectivity index is 1.65. The normalized spacial score (nSPS) is 22.4. The van der Waals surface area contributed by atoms with Crippen molar-refractivity contribution in [2.45, 2.75) is 18.3 Å². The molecule has 2 aromatic rings. The summed E-state index contributed by atoms with van der Waals surface area (Å²) in [6.07, 6.45) is 0.245. The summed E-state index contributed by atoms with van der Waals surface area (Å²) in [5, 5.41) is 6.65. The SMILES string of the molecule is COc1ccc(C2c3cc(OC)c(OC)cc3C(CC(=O)N3CCNCC3)C2C(=O)N2CCNCC2)cc1OC. The Morgan fingerprint density at radius 1 is 0.725 bits per heavy atom. The number of amides is 2. The van der Waals surface area contributed by atoms with Crippen LogP contribution in [0.1, 0.15) is 34.9 Å². The monoisotopic (exact) mass is 552 g/mol. The standard InChI is InChI=1S/C30H40N4O6/c1-37-23-6-5-19(15-24(23)38-2)28-21-17-26(40-4)25(39-3)16-20(21)22(18-27(35)33-11-7-31-8-12-33)29(28)30(36)34-13-9-32-10-14-34/h5-6,15-17,22,28-29,31-32H,7-14,18H2,1-4H3. The van der Waals surface area contributed by atoms with Crippen molar-refractivity contribution in [3.63, 3.8) is 0 Å². The Morgan fingerprint density at radius 3 is 1.82 bits per heavy atom. The highest BCUT2D eigenvalue weighted by molar-refractivity contribution is 5.86. The van der Waals surface area contributed by atoms with Gasteiger partial charge in [0.1, 0.15) is 0 Å². The van der Waals surface area contributed by atoms with Gasteiger partial charge in [0.2, 0.25) is 11.8 Å². The lowest BCUT2D eigenvalue weighted by molar-refractivity contribution is -0.138. The molecule has 0 aromatic heterocycles. The van der Waals surface area contributed by atoms with Gasteiger partial charge in [0, 0.05) is 70.6 Å². The summed E-state index contributed by atoms with van der Waals surface area (Å²) in [4.78, 5) is 32.0. The molecule has 5 rings (SSSR count). The molecule has 0 saturated carbocycles. The third kappa shape index (κ3) is 5.30. The Bertz CT molecular complexity index is 1220. The van der Waals surface area contributed by atoms with Crippen molar-refractivity contribution in [3.8, 4) is 23.0 Å². The van der Waals surface area contributed by atoms with Crippen LogP contribution in [-0.2, 0) is 9.59 Å². The highest BCUT2D eigenvalue weighted by atomic mass is 16.5. The molecule has 2 amide bonds. The highest BCUT2D eigenvalue weighted by Crippen LogP contribution is 2.55. The van der Waals surface area contributed by atoms with Gasteiger partial charge in [0.25, 0.3) is 0 Å². The fourth-order valence-electron chi connectivity index (χ4n) is 6.43. The molecule has 40 heavy (non-hydrogen) atoms. The number of nitrogens with one attached hydrogen (secondary N) is 2. The fraction of sp³-hybridized carbons (Fsp3) is 0.533. The summed E-state index contributed by atoms with van der Waals surface area (Å²) >= 11 is 0. The van der Waals surface area contributed by atoms with Gasteiger partial charge in [-0.25, -0.2) is 0 Å². The molecule has 3 aliphatic rings. The number of piperazine rings is 2. The largest absolute Gasteiger partial charge is 0.493 e. The molecule has 2 aromatic carbocycles. The second-order valence-corrected chi connectivity index (χ2v) is 10.5. The van der Waals surface area contributed by atoms with E-state index in [1.807, 2.05) is 40.1 Å². The molecule has 3 unspecified atom stereocenters. The van der Waals surface area contributed by atoms with Gasteiger partial charge in [-0.2, -0.15) is 0 Å². The minimum atomic E-state index is -0.477. The van der Waals surface area contributed by atoms with E-state index in [-0.39, 0.29) is 30.1 Å². The van der Waals surface area contributed by atoms with Crippen LogP contribution in [-0.4, -0.2) is 102 Å². The van der Waals surface area contributed by atoms with Gasteiger partial charge in [0.05, 0.1) is 34.4 Å². The second-order valence-electron chi connectivity index (χ2n) is 10.5. The zero-order chi connectivity index (χ0) is 28.2. The van der Waals surface area contributed by atoms with Crippen LogP contribution in [0.4, 0.5) is 0 Å². The van der Waals surface area contributed by atoms with Crippen LogP contribution < -0.4 is 29.6 Å². The Hall–Kier alpha value is -3.50. The maximum atomic E-state index is 14.5. The minimum Gasteiger partial charge on any atom is -0.493 e. The molecule has 10 nitrogen and oxygen atoms in total. The van der Waals surface area contributed by atoms with E-state index < -0.39 is 5.92 Å². The number of fused-ring (bicyclic) bond motifs is 1. The van der Waals surface area contributed by atoms with Crippen LogP contribution in [0.2, 0.25) is 0 Å². The predicted octanol–water partition coefficient (Wildman–Crippen LogP) is 1.82. The van der Waals surface area contributed by atoms with Gasteiger partial charge in [-0.05, 0) is 41.0 Å². The summed E-state index contributed by atoms with van der Waals surface area (Å²) in [5.74, 6) is 1.41. The smallest absolute Gasteiger partial charge is 0.227 e. The molecule has 0 bridgehead atoms. The second kappa shape index (κ2) is 12.3. The van der Waals surface area contributed by atoms with E-state index in [9.17, 15) is 9.59 Å². The topological polar surface area (TPSA) is 102 Å². The van der Waals surface area contributed by atoms with E-state index in [0.29, 0.717) is 49.2 Å². The maximum absolute atomic E-state index is 14.5.